The number of nitrogens with one attached hydrogen (secondary N) is 1. The van der Waals surface area contributed by atoms with Crippen molar-refractivity contribution in [1.29, 1.82) is 0 Å². The summed E-state index contributed by atoms with van der Waals surface area (Å²) in [7, 11) is 0. The first-order valence-electron chi connectivity index (χ1n) is 6.24. The van der Waals surface area contributed by atoms with E-state index in [1.165, 1.54) is 0 Å². The quantitative estimate of drug-likeness (QED) is 0.705. The molecule has 5 heteroatoms. The third-order valence-corrected chi connectivity index (χ3v) is 3.92. The number of nitrogens with zero attached hydrogens (tertiary/aromatic N) is 1. The molecule has 0 spiro atoms. The number of hydrogen-bond donors (Lipinski definition) is 1. The lowest BCUT2D eigenvalue weighted by molar-refractivity contribution is 0.102. The van der Waals surface area contributed by atoms with E-state index >= 15 is 0 Å². The summed E-state index contributed by atoms with van der Waals surface area (Å²) in [6, 6.07) is 12.7. The Bertz CT molecular complexity index is 830. The first-order chi connectivity index (χ1) is 10.1. The van der Waals surface area contributed by atoms with E-state index in [0.717, 1.165) is 20.9 Å². The number of amides is 1. The molecule has 1 amide bonds. The summed E-state index contributed by atoms with van der Waals surface area (Å²) >= 11 is 9.43. The highest BCUT2D eigenvalue weighted by Gasteiger charge is 2.12. The van der Waals surface area contributed by atoms with Gasteiger partial charge in [0.15, 0.2) is 0 Å². The van der Waals surface area contributed by atoms with E-state index in [1.807, 2.05) is 24.3 Å². The molecule has 1 aromatic heterocycles. The van der Waals surface area contributed by atoms with Crippen LogP contribution in [0.4, 0.5) is 5.69 Å². The highest BCUT2D eigenvalue weighted by Crippen LogP contribution is 2.25. The van der Waals surface area contributed by atoms with Crippen LogP contribution in [0.25, 0.3) is 10.8 Å². The average molecular weight is 362 g/mol. The van der Waals surface area contributed by atoms with Gasteiger partial charge in [-0.1, -0.05) is 39.7 Å². The maximum atomic E-state index is 12.4. The number of rotatable bonds is 2. The van der Waals surface area contributed by atoms with E-state index in [9.17, 15) is 4.79 Å². The molecule has 0 bridgehead atoms. The molecule has 0 fully saturated rings. The van der Waals surface area contributed by atoms with E-state index in [2.05, 4.69) is 26.2 Å². The third-order valence-electron chi connectivity index (χ3n) is 3.10. The van der Waals surface area contributed by atoms with Gasteiger partial charge in [-0.2, -0.15) is 0 Å². The monoisotopic (exact) mass is 360 g/mol. The molecular formula is C16H10BrClN2O. The van der Waals surface area contributed by atoms with Gasteiger partial charge in [-0.3, -0.25) is 9.78 Å². The normalized spacial score (nSPS) is 10.6. The molecule has 21 heavy (non-hydrogen) atoms. The number of carbonyl (C=O) groups excluding carboxylic acids is 1. The minimum Gasteiger partial charge on any atom is -0.321 e. The van der Waals surface area contributed by atoms with Gasteiger partial charge in [-0.25, -0.2) is 0 Å². The van der Waals surface area contributed by atoms with Crippen molar-refractivity contribution >= 4 is 49.9 Å². The van der Waals surface area contributed by atoms with Crippen LogP contribution in [-0.4, -0.2) is 10.9 Å². The van der Waals surface area contributed by atoms with Gasteiger partial charge in [-0.15, -0.1) is 0 Å². The number of anilines is 1. The van der Waals surface area contributed by atoms with Crippen molar-refractivity contribution in [2.75, 3.05) is 5.32 Å². The molecule has 0 saturated carbocycles. The van der Waals surface area contributed by atoms with Crippen LogP contribution in [0.3, 0.4) is 0 Å². The second kappa shape index (κ2) is 5.84. The van der Waals surface area contributed by atoms with Gasteiger partial charge < -0.3 is 5.32 Å². The van der Waals surface area contributed by atoms with Gasteiger partial charge in [0.2, 0.25) is 0 Å². The van der Waals surface area contributed by atoms with E-state index in [4.69, 9.17) is 11.6 Å². The predicted octanol–water partition coefficient (Wildman–Crippen LogP) is 4.90. The second-order valence-electron chi connectivity index (χ2n) is 4.48. The minimum absolute atomic E-state index is 0.245. The molecule has 3 aromatic rings. The Hall–Kier alpha value is -1.91. The predicted molar refractivity (Wildman–Crippen MR) is 88.8 cm³/mol. The van der Waals surface area contributed by atoms with Gasteiger partial charge in [0.05, 0.1) is 10.6 Å². The van der Waals surface area contributed by atoms with Crippen molar-refractivity contribution in [1.82, 2.24) is 4.98 Å². The molecule has 3 nitrogen and oxygen atoms in total. The third kappa shape index (κ3) is 2.91. The highest BCUT2D eigenvalue weighted by atomic mass is 79.9. The van der Waals surface area contributed by atoms with Crippen molar-refractivity contribution < 1.29 is 4.79 Å². The fourth-order valence-electron chi connectivity index (χ4n) is 2.09. The van der Waals surface area contributed by atoms with Gasteiger partial charge >= 0.3 is 0 Å². The van der Waals surface area contributed by atoms with Crippen LogP contribution in [0.2, 0.25) is 5.02 Å². The van der Waals surface area contributed by atoms with Gasteiger partial charge in [0.1, 0.15) is 0 Å². The molecule has 1 heterocycles. The van der Waals surface area contributed by atoms with Crippen molar-refractivity contribution in [2.24, 2.45) is 0 Å². The number of halogens is 2. The smallest absolute Gasteiger partial charge is 0.257 e. The summed E-state index contributed by atoms with van der Waals surface area (Å²) in [5.74, 6) is -0.245. The number of aromatic nitrogens is 1. The van der Waals surface area contributed by atoms with Crippen LogP contribution < -0.4 is 5.32 Å². The summed E-state index contributed by atoms with van der Waals surface area (Å²) in [4.78, 5) is 16.5. The Morgan fingerprint density at radius 1 is 1.19 bits per heavy atom. The standard InChI is InChI=1S/C16H10BrClN2O/c17-11-4-5-14(18)13(8-11)16(21)20-15-3-1-2-10-9-19-7-6-12(10)15/h1-9H,(H,20,21). The molecule has 0 aliphatic carbocycles. The van der Waals surface area contributed by atoms with Gasteiger partial charge in [0, 0.05) is 33.3 Å². The number of fused-ring (bicyclic) bond motifs is 1. The lowest BCUT2D eigenvalue weighted by Gasteiger charge is -2.09. The van der Waals surface area contributed by atoms with Crippen LogP contribution in [0, 0.1) is 0 Å². The van der Waals surface area contributed by atoms with E-state index in [1.54, 1.807) is 30.6 Å². The molecule has 0 atom stereocenters. The van der Waals surface area contributed by atoms with Gasteiger partial charge in [-0.05, 0) is 30.3 Å². The molecule has 0 aliphatic rings. The molecule has 0 saturated heterocycles. The molecule has 104 valence electrons. The summed E-state index contributed by atoms with van der Waals surface area (Å²) < 4.78 is 0.805. The summed E-state index contributed by atoms with van der Waals surface area (Å²) in [6.45, 7) is 0. The fraction of sp³-hybridized carbons (Fsp3) is 0. The summed E-state index contributed by atoms with van der Waals surface area (Å²) in [5, 5.41) is 5.22. The highest BCUT2D eigenvalue weighted by molar-refractivity contribution is 9.10. The maximum Gasteiger partial charge on any atom is 0.257 e. The maximum absolute atomic E-state index is 12.4. The lowest BCUT2D eigenvalue weighted by atomic mass is 10.1. The molecule has 2 aromatic carbocycles. The zero-order valence-electron chi connectivity index (χ0n) is 10.8. The van der Waals surface area contributed by atoms with Crippen LogP contribution in [-0.2, 0) is 0 Å². The molecular weight excluding hydrogens is 352 g/mol. The van der Waals surface area contributed by atoms with E-state index in [-0.39, 0.29) is 5.91 Å². The molecule has 0 aliphatic heterocycles. The number of carbonyl (C=O) groups is 1. The lowest BCUT2D eigenvalue weighted by Crippen LogP contribution is -2.12. The van der Waals surface area contributed by atoms with Crippen molar-refractivity contribution in [3.63, 3.8) is 0 Å². The zero-order chi connectivity index (χ0) is 14.8. The summed E-state index contributed by atoms with van der Waals surface area (Å²) in [6.07, 6.45) is 3.46. The van der Waals surface area contributed by atoms with Crippen LogP contribution >= 0.6 is 27.5 Å². The topological polar surface area (TPSA) is 42.0 Å². The largest absolute Gasteiger partial charge is 0.321 e. The molecule has 3 rings (SSSR count). The SMILES string of the molecule is O=C(Nc1cccc2cnccc12)c1cc(Br)ccc1Cl. The average Bonchev–Trinajstić information content (AvgIpc) is 2.50. The number of benzene rings is 2. The number of pyridine rings is 1. The van der Waals surface area contributed by atoms with Crippen molar-refractivity contribution in [3.05, 3.63) is 69.9 Å². The van der Waals surface area contributed by atoms with E-state index in [0.29, 0.717) is 10.6 Å². The van der Waals surface area contributed by atoms with Crippen LogP contribution in [0.5, 0.6) is 0 Å². The van der Waals surface area contributed by atoms with E-state index < -0.39 is 0 Å². The van der Waals surface area contributed by atoms with Gasteiger partial charge in [0.25, 0.3) is 5.91 Å². The second-order valence-corrected chi connectivity index (χ2v) is 5.80. The van der Waals surface area contributed by atoms with Crippen LogP contribution in [0.1, 0.15) is 10.4 Å². The fourth-order valence-corrected chi connectivity index (χ4v) is 2.66. The molecule has 0 radical (unpaired) electrons. The Labute approximate surface area is 135 Å². The Morgan fingerprint density at radius 3 is 2.90 bits per heavy atom. The molecule has 1 N–H and O–H groups in total. The van der Waals surface area contributed by atoms with Crippen molar-refractivity contribution in [2.45, 2.75) is 0 Å². The van der Waals surface area contributed by atoms with Crippen LogP contribution in [0.15, 0.2) is 59.3 Å². The Kier molecular flexibility index (Phi) is 3.90. The first-order valence-corrected chi connectivity index (χ1v) is 7.41. The Morgan fingerprint density at radius 2 is 2.05 bits per heavy atom. The summed E-state index contributed by atoms with van der Waals surface area (Å²) in [5.41, 5.74) is 1.16. The van der Waals surface area contributed by atoms with Crippen molar-refractivity contribution in [3.8, 4) is 0 Å². The molecule has 0 unspecified atom stereocenters. The Balaban J connectivity index is 1.99. The first kappa shape index (κ1) is 14.0. The number of hydrogen-bond acceptors (Lipinski definition) is 2. The minimum atomic E-state index is -0.245. The zero-order valence-corrected chi connectivity index (χ0v) is 13.1.